The maximum atomic E-state index is 2.23. The summed E-state index contributed by atoms with van der Waals surface area (Å²) in [7, 11) is 0. The first-order valence-electron chi connectivity index (χ1n) is 2.66. The standard InChI is InChI=1S/C5H12BS/c1-5(2)4-7-6-3/h5H,4H2,1-3H3. The molecule has 0 unspecified atom stereocenters. The second kappa shape index (κ2) is 4.57. The lowest BCUT2D eigenvalue weighted by Gasteiger charge is -1.98. The van der Waals surface area contributed by atoms with Crippen LogP contribution < -0.4 is 0 Å². The average molecular weight is 115 g/mol. The molecule has 0 aromatic rings. The predicted octanol–water partition coefficient (Wildman–Crippen LogP) is 2.04. The largest absolute Gasteiger partial charge is 0.218 e. The highest BCUT2D eigenvalue weighted by Crippen LogP contribution is 2.03. The Morgan fingerprint density at radius 3 is 2.29 bits per heavy atom. The van der Waals surface area contributed by atoms with Crippen LogP contribution in [0.5, 0.6) is 0 Å². The third kappa shape index (κ3) is 6.41. The molecule has 0 spiro atoms. The van der Waals surface area contributed by atoms with E-state index in [0.717, 1.165) is 5.92 Å². The Morgan fingerprint density at radius 1 is 1.57 bits per heavy atom. The number of rotatable bonds is 3. The Kier molecular flexibility index (Phi) is 4.84. The van der Waals surface area contributed by atoms with E-state index < -0.39 is 0 Å². The monoisotopic (exact) mass is 115 g/mol. The minimum atomic E-state index is 0.834. The molecule has 2 heteroatoms. The van der Waals surface area contributed by atoms with Crippen molar-refractivity contribution >= 4 is 18.2 Å². The first kappa shape index (κ1) is 7.41. The van der Waals surface area contributed by atoms with Gasteiger partial charge in [0.15, 0.2) is 6.56 Å². The zero-order valence-electron chi connectivity index (χ0n) is 5.27. The van der Waals surface area contributed by atoms with Crippen LogP contribution in [0.25, 0.3) is 0 Å². The van der Waals surface area contributed by atoms with Gasteiger partial charge in [-0.05, 0) is 11.7 Å². The van der Waals surface area contributed by atoms with Gasteiger partial charge in [-0.1, -0.05) is 20.7 Å². The second-order valence-corrected chi connectivity index (χ2v) is 3.10. The fourth-order valence-electron chi connectivity index (χ4n) is 0.289. The highest BCUT2D eigenvalue weighted by atomic mass is 32.2. The molecule has 0 aromatic carbocycles. The van der Waals surface area contributed by atoms with Crippen LogP contribution in [-0.2, 0) is 0 Å². The molecule has 0 aromatic heterocycles. The molecular weight excluding hydrogens is 103 g/mol. The fraction of sp³-hybridized carbons (Fsp3) is 1.00. The van der Waals surface area contributed by atoms with Crippen molar-refractivity contribution in [3.8, 4) is 0 Å². The summed E-state index contributed by atoms with van der Waals surface area (Å²) in [5.74, 6) is 2.09. The van der Waals surface area contributed by atoms with E-state index in [4.69, 9.17) is 0 Å². The molecule has 0 nitrogen and oxygen atoms in total. The third-order valence-electron chi connectivity index (χ3n) is 0.596. The zero-order valence-corrected chi connectivity index (χ0v) is 6.09. The molecule has 41 valence electrons. The minimum absolute atomic E-state index is 0.834. The van der Waals surface area contributed by atoms with Crippen LogP contribution in [0.2, 0.25) is 6.82 Å². The van der Waals surface area contributed by atoms with E-state index in [-0.39, 0.29) is 0 Å². The second-order valence-electron chi connectivity index (χ2n) is 1.96. The molecule has 0 atom stereocenters. The van der Waals surface area contributed by atoms with Gasteiger partial charge in [-0.3, -0.25) is 0 Å². The van der Waals surface area contributed by atoms with Gasteiger partial charge in [0.2, 0.25) is 0 Å². The first-order chi connectivity index (χ1) is 3.27. The molecule has 1 radical (unpaired) electrons. The molecule has 0 N–H and O–H groups in total. The maximum absolute atomic E-state index is 2.23. The lowest BCUT2D eigenvalue weighted by atomic mass is 10.2. The van der Waals surface area contributed by atoms with Crippen molar-refractivity contribution in [1.29, 1.82) is 0 Å². The van der Waals surface area contributed by atoms with E-state index in [1.54, 1.807) is 0 Å². The highest BCUT2D eigenvalue weighted by Gasteiger charge is 1.89. The third-order valence-corrected chi connectivity index (χ3v) is 1.79. The van der Waals surface area contributed by atoms with E-state index in [9.17, 15) is 0 Å². The van der Waals surface area contributed by atoms with Crippen LogP contribution in [-0.4, -0.2) is 12.3 Å². The van der Waals surface area contributed by atoms with E-state index in [1.165, 1.54) is 5.75 Å². The molecular formula is C5H12BS. The van der Waals surface area contributed by atoms with Crippen LogP contribution in [0, 0.1) is 5.92 Å². The van der Waals surface area contributed by atoms with E-state index in [1.807, 2.05) is 11.6 Å². The van der Waals surface area contributed by atoms with E-state index in [0.29, 0.717) is 0 Å². The quantitative estimate of drug-likeness (QED) is 0.507. The van der Waals surface area contributed by atoms with Crippen molar-refractivity contribution in [3.05, 3.63) is 0 Å². The first-order valence-corrected chi connectivity index (χ1v) is 3.71. The lowest BCUT2D eigenvalue weighted by molar-refractivity contribution is 0.752. The van der Waals surface area contributed by atoms with Gasteiger partial charge in [-0.25, -0.2) is 11.6 Å². The summed E-state index contributed by atoms with van der Waals surface area (Å²) in [5.41, 5.74) is 0. The Balaban J connectivity index is 2.68. The van der Waals surface area contributed by atoms with Crippen molar-refractivity contribution in [1.82, 2.24) is 0 Å². The smallest absolute Gasteiger partial charge is 0.188 e. The molecule has 0 aliphatic heterocycles. The summed E-state index contributed by atoms with van der Waals surface area (Å²) in [6.45, 7) is 8.68. The van der Waals surface area contributed by atoms with Crippen molar-refractivity contribution in [2.75, 3.05) is 5.75 Å². The summed E-state index contributed by atoms with van der Waals surface area (Å²) < 4.78 is 0. The molecule has 7 heavy (non-hydrogen) atoms. The summed E-state index contributed by atoms with van der Waals surface area (Å²) in [6, 6.07) is 0. The van der Waals surface area contributed by atoms with Gasteiger partial charge >= 0.3 is 0 Å². The number of hydrogen-bond acceptors (Lipinski definition) is 1. The Morgan fingerprint density at radius 2 is 2.14 bits per heavy atom. The maximum Gasteiger partial charge on any atom is 0.188 e. The Labute approximate surface area is 51.2 Å². The Bertz CT molecular complexity index is 37.1. The fourth-order valence-corrected chi connectivity index (χ4v) is 0.866. The van der Waals surface area contributed by atoms with Crippen LogP contribution in [0.4, 0.5) is 0 Å². The summed E-state index contributed by atoms with van der Waals surface area (Å²) in [5, 5.41) is 0. The summed E-state index contributed by atoms with van der Waals surface area (Å²) in [4.78, 5) is 0. The van der Waals surface area contributed by atoms with Gasteiger partial charge in [0, 0.05) is 0 Å². The molecule has 0 heterocycles. The van der Waals surface area contributed by atoms with Crippen molar-refractivity contribution < 1.29 is 0 Å². The van der Waals surface area contributed by atoms with Gasteiger partial charge < -0.3 is 0 Å². The molecule has 0 bridgehead atoms. The number of hydrogen-bond donors (Lipinski definition) is 0. The lowest BCUT2D eigenvalue weighted by Crippen LogP contribution is -1.90. The van der Waals surface area contributed by atoms with Gasteiger partial charge in [-0.2, -0.15) is 0 Å². The summed E-state index contributed by atoms with van der Waals surface area (Å²) in [6.07, 6.45) is 0. The molecule has 0 amide bonds. The highest BCUT2D eigenvalue weighted by molar-refractivity contribution is 8.22. The van der Waals surface area contributed by atoms with E-state index in [2.05, 4.69) is 27.2 Å². The topological polar surface area (TPSA) is 0 Å². The molecule has 0 aliphatic carbocycles. The van der Waals surface area contributed by atoms with Crippen molar-refractivity contribution in [2.24, 2.45) is 5.92 Å². The predicted molar refractivity (Wildman–Crippen MR) is 38.9 cm³/mol. The van der Waals surface area contributed by atoms with Crippen LogP contribution in [0.1, 0.15) is 13.8 Å². The molecule has 0 rings (SSSR count). The molecule has 0 saturated heterocycles. The summed E-state index contributed by atoms with van der Waals surface area (Å²) >= 11 is 1.89. The van der Waals surface area contributed by atoms with E-state index >= 15 is 0 Å². The van der Waals surface area contributed by atoms with Gasteiger partial charge in [0.25, 0.3) is 0 Å². The van der Waals surface area contributed by atoms with Gasteiger partial charge in [0.05, 0.1) is 0 Å². The normalized spacial score (nSPS) is 9.71. The van der Waals surface area contributed by atoms with Crippen molar-refractivity contribution in [2.45, 2.75) is 20.7 Å². The van der Waals surface area contributed by atoms with Gasteiger partial charge in [0.1, 0.15) is 0 Å². The average Bonchev–Trinajstić information content (AvgIpc) is 1.61. The SMILES string of the molecule is C[B]SCC(C)C. The Hall–Kier alpha value is 0.415. The minimum Gasteiger partial charge on any atom is -0.218 e. The van der Waals surface area contributed by atoms with Crippen LogP contribution in [0.15, 0.2) is 0 Å². The molecule has 0 saturated carbocycles. The van der Waals surface area contributed by atoms with Crippen LogP contribution in [0.3, 0.4) is 0 Å². The van der Waals surface area contributed by atoms with Gasteiger partial charge in [-0.15, -0.1) is 0 Å². The zero-order chi connectivity index (χ0) is 5.70. The van der Waals surface area contributed by atoms with Crippen molar-refractivity contribution in [3.63, 3.8) is 0 Å². The molecule has 0 fully saturated rings. The molecule has 0 aliphatic rings. The van der Waals surface area contributed by atoms with Crippen LogP contribution >= 0.6 is 11.6 Å².